The van der Waals surface area contributed by atoms with E-state index in [1.54, 1.807) is 0 Å². The number of ether oxygens (including phenoxy) is 1. The zero-order valence-electron chi connectivity index (χ0n) is 23.0. The van der Waals surface area contributed by atoms with Gasteiger partial charge in [0.25, 0.3) is 0 Å². The molecule has 2 N–H and O–H groups in total. The lowest BCUT2D eigenvalue weighted by Gasteiger charge is -2.62. The minimum absolute atomic E-state index is 0.164. The second-order valence-corrected chi connectivity index (χ2v) is 13.3. The third kappa shape index (κ3) is 4.34. The van der Waals surface area contributed by atoms with Crippen LogP contribution in [0.2, 0.25) is 0 Å². The Morgan fingerprint density at radius 1 is 1.08 bits per heavy atom. The van der Waals surface area contributed by atoms with Crippen molar-refractivity contribution in [2.75, 3.05) is 7.11 Å². The van der Waals surface area contributed by atoms with Gasteiger partial charge in [0.15, 0.2) is 5.89 Å². The maximum atomic E-state index is 11.7. The summed E-state index contributed by atoms with van der Waals surface area (Å²) in [6.07, 6.45) is 10.3. The first-order valence-corrected chi connectivity index (χ1v) is 14.4. The number of aromatic nitrogens is 1. The van der Waals surface area contributed by atoms with Crippen LogP contribution in [0.5, 0.6) is 0 Å². The van der Waals surface area contributed by atoms with Crippen LogP contribution in [-0.4, -0.2) is 40.5 Å². The summed E-state index contributed by atoms with van der Waals surface area (Å²) < 4.78 is 10.7. The van der Waals surface area contributed by atoms with Gasteiger partial charge in [-0.1, -0.05) is 20.8 Å². The average Bonchev–Trinajstić information content (AvgIpc) is 3.37. The van der Waals surface area contributed by atoms with E-state index in [9.17, 15) is 15.0 Å². The molecule has 4 saturated carbocycles. The zero-order chi connectivity index (χ0) is 25.8. The van der Waals surface area contributed by atoms with Crippen LogP contribution in [0.1, 0.15) is 95.9 Å². The van der Waals surface area contributed by atoms with E-state index >= 15 is 0 Å². The number of methoxy groups -OCH3 is 1. The lowest BCUT2D eigenvalue weighted by molar-refractivity contribution is -0.172. The molecule has 0 aromatic carbocycles. The van der Waals surface area contributed by atoms with Crippen LogP contribution in [0.25, 0.3) is 0 Å². The monoisotopic (exact) mass is 501 g/mol. The lowest BCUT2D eigenvalue weighted by Crippen LogP contribution is -2.58. The molecule has 5 rings (SSSR count). The molecule has 0 radical (unpaired) electrons. The minimum Gasteiger partial charge on any atom is -0.469 e. The maximum Gasteiger partial charge on any atom is 0.311 e. The van der Waals surface area contributed by atoms with Gasteiger partial charge in [-0.05, 0) is 111 Å². The van der Waals surface area contributed by atoms with Gasteiger partial charge in [-0.3, -0.25) is 4.79 Å². The summed E-state index contributed by atoms with van der Waals surface area (Å²) in [7, 11) is 1.40. The van der Waals surface area contributed by atoms with Gasteiger partial charge in [-0.15, -0.1) is 0 Å². The topological polar surface area (TPSA) is 92.8 Å². The predicted molar refractivity (Wildman–Crippen MR) is 137 cm³/mol. The fourth-order valence-electron chi connectivity index (χ4n) is 9.77. The molecule has 202 valence electrons. The number of aliphatic hydroxyl groups is 2. The Labute approximate surface area is 216 Å². The third-order valence-electron chi connectivity index (χ3n) is 11.7. The van der Waals surface area contributed by atoms with Crippen LogP contribution in [-0.2, 0) is 22.4 Å². The Balaban J connectivity index is 1.26. The number of aliphatic hydroxyl groups excluding tert-OH is 2. The number of oxazole rings is 1. The van der Waals surface area contributed by atoms with Gasteiger partial charge in [-0.25, -0.2) is 4.98 Å². The van der Waals surface area contributed by atoms with Crippen molar-refractivity contribution < 1.29 is 24.2 Å². The first-order chi connectivity index (χ1) is 17.1. The van der Waals surface area contributed by atoms with Crippen LogP contribution in [0.4, 0.5) is 0 Å². The Morgan fingerprint density at radius 3 is 2.56 bits per heavy atom. The highest BCUT2D eigenvalue weighted by molar-refractivity contribution is 5.71. The third-order valence-corrected chi connectivity index (χ3v) is 11.7. The SMILES string of the molecule is COC(=O)Cc1nc(CC[C@@H](C)[C@H]2CC[C@H]3[C@@H]4C[C@H](O)[C@@H]5C[C@H](O)CC[C@]5(C)[C@H]4CC[C@]23C)oc1C. The quantitative estimate of drug-likeness (QED) is 0.517. The van der Waals surface area contributed by atoms with Gasteiger partial charge in [-0.2, -0.15) is 0 Å². The molecule has 0 saturated heterocycles. The Kier molecular flexibility index (Phi) is 7.08. The number of carbonyl (C=O) groups excluding carboxylic acids is 1. The molecule has 0 bridgehead atoms. The molecule has 10 atom stereocenters. The first-order valence-electron chi connectivity index (χ1n) is 14.4. The van der Waals surface area contributed by atoms with Gasteiger partial charge < -0.3 is 19.4 Å². The van der Waals surface area contributed by atoms with Gasteiger partial charge in [0.05, 0.1) is 31.4 Å². The van der Waals surface area contributed by atoms with Crippen molar-refractivity contribution in [3.05, 3.63) is 17.3 Å². The second kappa shape index (κ2) is 9.72. The highest BCUT2D eigenvalue weighted by Gasteiger charge is 2.62. The maximum absolute atomic E-state index is 11.7. The number of fused-ring (bicyclic) bond motifs is 5. The minimum atomic E-state index is -0.288. The van der Waals surface area contributed by atoms with Crippen molar-refractivity contribution in [1.29, 1.82) is 0 Å². The van der Waals surface area contributed by atoms with Crippen molar-refractivity contribution in [3.63, 3.8) is 0 Å². The van der Waals surface area contributed by atoms with E-state index in [1.165, 1.54) is 32.8 Å². The summed E-state index contributed by atoms with van der Waals surface area (Å²) in [5.74, 6) is 4.68. The molecular formula is C30H47NO5. The van der Waals surface area contributed by atoms with Gasteiger partial charge in [0.1, 0.15) is 5.76 Å². The molecule has 4 fully saturated rings. The largest absolute Gasteiger partial charge is 0.469 e. The normalized spacial score (nSPS) is 42.8. The Hall–Kier alpha value is -1.40. The molecule has 1 heterocycles. The highest BCUT2D eigenvalue weighted by atomic mass is 16.5. The number of hydrogen-bond acceptors (Lipinski definition) is 6. The van der Waals surface area contributed by atoms with Crippen LogP contribution in [0, 0.1) is 53.3 Å². The van der Waals surface area contributed by atoms with Gasteiger partial charge in [0, 0.05) is 6.42 Å². The number of hydrogen-bond donors (Lipinski definition) is 2. The van der Waals surface area contributed by atoms with Crippen molar-refractivity contribution in [3.8, 4) is 0 Å². The Bertz CT molecular complexity index is 959. The number of rotatable bonds is 6. The van der Waals surface area contributed by atoms with Crippen LogP contribution < -0.4 is 0 Å². The van der Waals surface area contributed by atoms with Gasteiger partial charge in [0.2, 0.25) is 0 Å². The molecule has 36 heavy (non-hydrogen) atoms. The number of esters is 1. The molecule has 0 aliphatic heterocycles. The van der Waals surface area contributed by atoms with Crippen LogP contribution >= 0.6 is 0 Å². The summed E-state index contributed by atoms with van der Waals surface area (Å²) >= 11 is 0. The molecule has 1 aromatic heterocycles. The standard InChI is InChI=1S/C30H47NO5/c1-17(6-9-27-31-25(18(2)36-27)16-28(34)35-5)21-7-8-22-20-15-26(33)24-14-19(32)10-12-30(24,4)23(20)11-13-29(21,22)3/h17,19-24,26,32-33H,6-16H2,1-5H3/t17-,19-,20+,21-,22+,23+,24+,26+,29-,30-/m1/s1. The molecule has 0 amide bonds. The van der Waals surface area contributed by atoms with Crippen LogP contribution in [0.15, 0.2) is 4.42 Å². The molecule has 4 aliphatic rings. The predicted octanol–water partition coefficient (Wildman–Crippen LogP) is 5.26. The number of carbonyl (C=O) groups is 1. The van der Waals surface area contributed by atoms with E-state index in [0.717, 1.165) is 44.4 Å². The molecular weight excluding hydrogens is 454 g/mol. The summed E-state index contributed by atoms with van der Waals surface area (Å²) in [5.41, 5.74) is 1.20. The fraction of sp³-hybridized carbons (Fsp3) is 0.867. The number of nitrogens with zero attached hydrogens (tertiary/aromatic N) is 1. The van der Waals surface area contributed by atoms with Gasteiger partial charge >= 0.3 is 5.97 Å². The summed E-state index contributed by atoms with van der Waals surface area (Å²) in [5, 5.41) is 21.6. The van der Waals surface area contributed by atoms with Crippen molar-refractivity contribution >= 4 is 5.97 Å². The van der Waals surface area contributed by atoms with E-state index in [4.69, 9.17) is 9.15 Å². The number of aryl methyl sites for hydroxylation is 2. The van der Waals surface area contributed by atoms with Crippen LogP contribution in [0.3, 0.4) is 0 Å². The summed E-state index contributed by atoms with van der Waals surface area (Å²) in [6, 6.07) is 0. The first kappa shape index (κ1) is 26.2. The van der Waals surface area contributed by atoms with E-state index in [2.05, 4.69) is 25.8 Å². The summed E-state index contributed by atoms with van der Waals surface area (Å²) in [6.45, 7) is 9.27. The van der Waals surface area contributed by atoms with E-state index in [1.807, 2.05) is 6.92 Å². The zero-order valence-corrected chi connectivity index (χ0v) is 23.0. The van der Waals surface area contributed by atoms with E-state index < -0.39 is 0 Å². The smallest absolute Gasteiger partial charge is 0.311 e. The lowest BCUT2D eigenvalue weighted by atomic mass is 9.44. The Morgan fingerprint density at radius 2 is 1.81 bits per heavy atom. The van der Waals surface area contributed by atoms with Crippen molar-refractivity contribution in [1.82, 2.24) is 4.98 Å². The second-order valence-electron chi connectivity index (χ2n) is 13.3. The van der Waals surface area contributed by atoms with Crippen molar-refractivity contribution in [2.45, 2.75) is 111 Å². The van der Waals surface area contributed by atoms with E-state index in [0.29, 0.717) is 46.5 Å². The molecule has 1 aromatic rings. The molecule has 6 heteroatoms. The van der Waals surface area contributed by atoms with E-state index in [-0.39, 0.29) is 35.9 Å². The van der Waals surface area contributed by atoms with Crippen molar-refractivity contribution in [2.24, 2.45) is 46.3 Å². The molecule has 0 spiro atoms. The average molecular weight is 502 g/mol. The molecule has 0 unspecified atom stereocenters. The summed E-state index contributed by atoms with van der Waals surface area (Å²) in [4.78, 5) is 16.2. The molecule has 4 aliphatic carbocycles. The highest BCUT2D eigenvalue weighted by Crippen LogP contribution is 2.68. The fourth-order valence-corrected chi connectivity index (χ4v) is 9.77. The molecule has 6 nitrogen and oxygen atoms in total.